The maximum atomic E-state index is 10.6. The molecule has 1 fully saturated rings. The van der Waals surface area contributed by atoms with Crippen LogP contribution in [0.1, 0.15) is 18.4 Å². The third-order valence-corrected chi connectivity index (χ3v) is 3.34. The number of carboxylic acid groups (broad SMARTS) is 1. The van der Waals surface area contributed by atoms with E-state index in [9.17, 15) is 4.79 Å². The molecule has 0 bridgehead atoms. The zero-order chi connectivity index (χ0) is 12.3. The van der Waals surface area contributed by atoms with Crippen molar-refractivity contribution in [2.45, 2.75) is 12.8 Å². The Kier molecular flexibility index (Phi) is 3.84. The van der Waals surface area contributed by atoms with Crippen LogP contribution >= 0.6 is 15.9 Å². The van der Waals surface area contributed by atoms with Crippen LogP contribution in [0, 0.1) is 0 Å². The van der Waals surface area contributed by atoms with E-state index >= 15 is 0 Å². The lowest BCUT2D eigenvalue weighted by molar-refractivity contribution is -0.131. The second-order valence-corrected chi connectivity index (χ2v) is 4.98. The van der Waals surface area contributed by atoms with Gasteiger partial charge in [0.1, 0.15) is 0 Å². The van der Waals surface area contributed by atoms with Crippen molar-refractivity contribution in [1.82, 2.24) is 0 Å². The average Bonchev–Trinajstić information content (AvgIpc) is 2.80. The van der Waals surface area contributed by atoms with Gasteiger partial charge in [0, 0.05) is 29.3 Å². The van der Waals surface area contributed by atoms with E-state index in [1.54, 1.807) is 6.08 Å². The minimum atomic E-state index is -0.916. The molecule has 0 saturated carbocycles. The van der Waals surface area contributed by atoms with Gasteiger partial charge in [-0.25, -0.2) is 4.79 Å². The summed E-state index contributed by atoms with van der Waals surface area (Å²) in [7, 11) is 0. The van der Waals surface area contributed by atoms with Crippen LogP contribution in [0.3, 0.4) is 0 Å². The molecular weight excluding hydrogens is 282 g/mol. The first-order chi connectivity index (χ1) is 8.16. The molecule has 1 N–H and O–H groups in total. The van der Waals surface area contributed by atoms with Gasteiger partial charge >= 0.3 is 5.97 Å². The maximum Gasteiger partial charge on any atom is 0.328 e. The van der Waals surface area contributed by atoms with Crippen LogP contribution in [0.25, 0.3) is 6.08 Å². The second kappa shape index (κ2) is 5.36. The van der Waals surface area contributed by atoms with Crippen LogP contribution in [0.15, 0.2) is 28.7 Å². The van der Waals surface area contributed by atoms with Crippen LogP contribution in [0.4, 0.5) is 5.69 Å². The molecule has 90 valence electrons. The van der Waals surface area contributed by atoms with Gasteiger partial charge in [0.2, 0.25) is 0 Å². The highest BCUT2D eigenvalue weighted by Crippen LogP contribution is 2.28. The summed E-state index contributed by atoms with van der Waals surface area (Å²) in [6, 6.07) is 5.92. The monoisotopic (exact) mass is 295 g/mol. The molecule has 0 radical (unpaired) electrons. The quantitative estimate of drug-likeness (QED) is 0.871. The molecule has 0 spiro atoms. The van der Waals surface area contributed by atoms with Gasteiger partial charge in [0.05, 0.1) is 0 Å². The molecule has 1 aromatic rings. The Morgan fingerprint density at radius 2 is 2.06 bits per heavy atom. The third kappa shape index (κ3) is 3.09. The Hall–Kier alpha value is -1.29. The fraction of sp³-hybridized carbons (Fsp3) is 0.308. The van der Waals surface area contributed by atoms with Crippen LogP contribution in [0.2, 0.25) is 0 Å². The summed E-state index contributed by atoms with van der Waals surface area (Å²) < 4.78 is 1.02. The summed E-state index contributed by atoms with van der Waals surface area (Å²) >= 11 is 3.46. The number of benzene rings is 1. The van der Waals surface area contributed by atoms with E-state index in [0.717, 1.165) is 28.8 Å². The number of anilines is 1. The highest BCUT2D eigenvalue weighted by molar-refractivity contribution is 9.10. The van der Waals surface area contributed by atoms with Crippen LogP contribution in [-0.4, -0.2) is 24.2 Å². The molecule has 1 aliphatic rings. The second-order valence-electron chi connectivity index (χ2n) is 4.07. The summed E-state index contributed by atoms with van der Waals surface area (Å²) in [4.78, 5) is 12.9. The van der Waals surface area contributed by atoms with Crippen LogP contribution < -0.4 is 4.90 Å². The summed E-state index contributed by atoms with van der Waals surface area (Å²) in [6.07, 6.45) is 5.24. The van der Waals surface area contributed by atoms with Crippen molar-refractivity contribution in [3.8, 4) is 0 Å². The summed E-state index contributed by atoms with van der Waals surface area (Å²) in [5.74, 6) is -0.916. The highest BCUT2D eigenvalue weighted by Gasteiger charge is 2.15. The third-order valence-electron chi connectivity index (χ3n) is 2.84. The average molecular weight is 296 g/mol. The van der Waals surface area contributed by atoms with E-state index in [-0.39, 0.29) is 0 Å². The van der Waals surface area contributed by atoms with Crippen molar-refractivity contribution in [2.75, 3.05) is 18.0 Å². The van der Waals surface area contributed by atoms with E-state index in [2.05, 4.69) is 20.8 Å². The minimum absolute atomic E-state index is 0.916. The van der Waals surface area contributed by atoms with Gasteiger partial charge in [-0.15, -0.1) is 0 Å². The van der Waals surface area contributed by atoms with Gasteiger partial charge in [-0.3, -0.25) is 0 Å². The van der Waals surface area contributed by atoms with Gasteiger partial charge in [-0.05, 0) is 36.6 Å². The van der Waals surface area contributed by atoms with Crippen molar-refractivity contribution in [2.24, 2.45) is 0 Å². The fourth-order valence-electron chi connectivity index (χ4n) is 2.05. The van der Waals surface area contributed by atoms with E-state index < -0.39 is 5.97 Å². The molecule has 1 aliphatic heterocycles. The molecule has 0 atom stereocenters. The van der Waals surface area contributed by atoms with E-state index in [1.165, 1.54) is 18.9 Å². The first-order valence-electron chi connectivity index (χ1n) is 5.62. The minimum Gasteiger partial charge on any atom is -0.478 e. The topological polar surface area (TPSA) is 40.5 Å². The van der Waals surface area contributed by atoms with Gasteiger partial charge in [0.15, 0.2) is 0 Å². The molecular formula is C13H14BrNO2. The van der Waals surface area contributed by atoms with Crippen LogP contribution in [0.5, 0.6) is 0 Å². The number of halogens is 1. The normalized spacial score (nSPS) is 15.7. The SMILES string of the molecule is O=C(O)C=Cc1ccc(Br)cc1N1CCCC1. The van der Waals surface area contributed by atoms with Gasteiger partial charge < -0.3 is 10.0 Å². The number of hydrogen-bond acceptors (Lipinski definition) is 2. The number of aliphatic carboxylic acids is 1. The number of hydrogen-bond donors (Lipinski definition) is 1. The first kappa shape index (κ1) is 12.2. The molecule has 1 saturated heterocycles. The van der Waals surface area contributed by atoms with Gasteiger partial charge in [0.25, 0.3) is 0 Å². The Bertz CT molecular complexity index is 451. The smallest absolute Gasteiger partial charge is 0.328 e. The standard InChI is InChI=1S/C13H14BrNO2/c14-11-5-3-10(4-6-13(16)17)12(9-11)15-7-1-2-8-15/h3-6,9H,1-2,7-8H2,(H,16,17). The van der Waals surface area contributed by atoms with E-state index in [4.69, 9.17) is 5.11 Å². The van der Waals surface area contributed by atoms with Crippen LogP contribution in [-0.2, 0) is 4.79 Å². The first-order valence-corrected chi connectivity index (χ1v) is 6.41. The Labute approximate surface area is 109 Å². The Morgan fingerprint density at radius 1 is 1.35 bits per heavy atom. The molecule has 3 nitrogen and oxygen atoms in total. The van der Waals surface area contributed by atoms with Crippen molar-refractivity contribution >= 4 is 33.7 Å². The van der Waals surface area contributed by atoms with Crippen molar-refractivity contribution in [3.05, 3.63) is 34.3 Å². The van der Waals surface area contributed by atoms with Crippen molar-refractivity contribution in [3.63, 3.8) is 0 Å². The lowest BCUT2D eigenvalue weighted by Gasteiger charge is -2.20. The highest BCUT2D eigenvalue weighted by atomic mass is 79.9. The summed E-state index contributed by atoms with van der Waals surface area (Å²) in [6.45, 7) is 2.09. The lowest BCUT2D eigenvalue weighted by Crippen LogP contribution is -2.18. The summed E-state index contributed by atoms with van der Waals surface area (Å²) in [5.41, 5.74) is 2.06. The predicted molar refractivity (Wildman–Crippen MR) is 72.3 cm³/mol. The van der Waals surface area contributed by atoms with E-state index in [0.29, 0.717) is 0 Å². The zero-order valence-corrected chi connectivity index (χ0v) is 11.0. The molecule has 0 amide bonds. The van der Waals surface area contributed by atoms with Gasteiger partial charge in [-0.2, -0.15) is 0 Å². The summed E-state index contributed by atoms with van der Waals surface area (Å²) in [5, 5.41) is 8.68. The molecule has 4 heteroatoms. The molecule has 0 aromatic heterocycles. The van der Waals surface area contributed by atoms with Crippen molar-refractivity contribution < 1.29 is 9.90 Å². The Morgan fingerprint density at radius 3 is 2.71 bits per heavy atom. The molecule has 0 aliphatic carbocycles. The Balaban J connectivity index is 2.33. The number of carboxylic acids is 1. The zero-order valence-electron chi connectivity index (χ0n) is 9.40. The molecule has 0 unspecified atom stereocenters. The number of carbonyl (C=O) groups is 1. The van der Waals surface area contributed by atoms with Gasteiger partial charge in [-0.1, -0.05) is 22.0 Å². The predicted octanol–water partition coefficient (Wildman–Crippen LogP) is 3.15. The number of nitrogens with zero attached hydrogens (tertiary/aromatic N) is 1. The van der Waals surface area contributed by atoms with Crippen molar-refractivity contribution in [1.29, 1.82) is 0 Å². The molecule has 17 heavy (non-hydrogen) atoms. The fourth-order valence-corrected chi connectivity index (χ4v) is 2.40. The number of rotatable bonds is 3. The molecule has 2 rings (SSSR count). The molecule has 1 heterocycles. The largest absolute Gasteiger partial charge is 0.478 e. The lowest BCUT2D eigenvalue weighted by atomic mass is 10.1. The van der Waals surface area contributed by atoms with E-state index in [1.807, 2.05) is 18.2 Å². The molecule has 1 aromatic carbocycles. The maximum absolute atomic E-state index is 10.6.